The number of ether oxygens (including phenoxy) is 1. The van der Waals surface area contributed by atoms with E-state index in [1.807, 2.05) is 26.0 Å². The molecule has 1 amide bonds. The minimum Gasteiger partial charge on any atom is -0.481 e. The molecule has 0 aromatic heterocycles. The summed E-state index contributed by atoms with van der Waals surface area (Å²) in [6, 6.07) is 14.3. The van der Waals surface area contributed by atoms with Crippen molar-refractivity contribution in [3.8, 4) is 5.75 Å². The third kappa shape index (κ3) is 5.59. The smallest absolute Gasteiger partial charge is 0.261 e. The third-order valence-corrected chi connectivity index (χ3v) is 5.05. The molecule has 2 aromatic carbocycles. The Hall–Kier alpha value is -2.29. The molecule has 1 N–H and O–H groups in total. The van der Waals surface area contributed by atoms with Crippen molar-refractivity contribution >= 4 is 5.91 Å². The van der Waals surface area contributed by atoms with E-state index >= 15 is 0 Å². The van der Waals surface area contributed by atoms with E-state index in [0.717, 1.165) is 11.3 Å². The number of amides is 1. The Balaban J connectivity index is 2.03. The van der Waals surface area contributed by atoms with Gasteiger partial charge < -0.3 is 10.1 Å². The molecular formula is C24H33NO2. The molecule has 0 radical (unpaired) electrons. The van der Waals surface area contributed by atoms with Gasteiger partial charge in [0.25, 0.3) is 5.91 Å². The average molecular weight is 368 g/mol. The number of carbonyl (C=O) groups excluding carboxylic acids is 1. The molecule has 146 valence electrons. The number of carbonyl (C=O) groups is 1. The van der Waals surface area contributed by atoms with Gasteiger partial charge in [-0.1, -0.05) is 58.0 Å². The normalized spacial score (nSPS) is 13.7. The van der Waals surface area contributed by atoms with E-state index in [1.165, 1.54) is 16.7 Å². The molecule has 3 nitrogen and oxygen atoms in total. The summed E-state index contributed by atoms with van der Waals surface area (Å²) in [5.41, 5.74) is 4.94. The zero-order valence-electron chi connectivity index (χ0n) is 17.7. The standard InChI is InChI=1S/C24H33NO2/c1-8-22(27-21-13-11-20(12-14-21)24(5,6)7)23(26)25-18(4)19-10-9-16(2)17(3)15-19/h9-15,18,22H,8H2,1-7H3,(H,25,26)/t18-,22+/m0/s1. The average Bonchev–Trinajstić information content (AvgIpc) is 2.61. The number of rotatable bonds is 6. The molecule has 2 atom stereocenters. The molecule has 0 bridgehead atoms. The Morgan fingerprint density at radius 1 is 1.04 bits per heavy atom. The van der Waals surface area contributed by atoms with Gasteiger partial charge in [-0.2, -0.15) is 0 Å². The zero-order valence-corrected chi connectivity index (χ0v) is 17.7. The maximum Gasteiger partial charge on any atom is 0.261 e. The summed E-state index contributed by atoms with van der Waals surface area (Å²) in [4.78, 5) is 12.7. The Bertz CT molecular complexity index is 772. The monoisotopic (exact) mass is 367 g/mol. The highest BCUT2D eigenvalue weighted by Gasteiger charge is 2.21. The SMILES string of the molecule is CC[C@@H](Oc1ccc(C(C)(C)C)cc1)C(=O)N[C@@H](C)c1ccc(C)c(C)c1. The molecule has 2 rings (SSSR count). The lowest BCUT2D eigenvalue weighted by Crippen LogP contribution is -2.39. The van der Waals surface area contributed by atoms with Gasteiger partial charge in [-0.25, -0.2) is 0 Å². The third-order valence-electron chi connectivity index (χ3n) is 5.05. The highest BCUT2D eigenvalue weighted by molar-refractivity contribution is 5.81. The molecule has 0 spiro atoms. The highest BCUT2D eigenvalue weighted by Crippen LogP contribution is 2.25. The van der Waals surface area contributed by atoms with E-state index < -0.39 is 6.10 Å². The van der Waals surface area contributed by atoms with Crippen LogP contribution in [0.5, 0.6) is 5.75 Å². The minimum absolute atomic E-state index is 0.0577. The van der Waals surface area contributed by atoms with Crippen molar-refractivity contribution in [1.29, 1.82) is 0 Å². The fourth-order valence-corrected chi connectivity index (χ4v) is 2.94. The largest absolute Gasteiger partial charge is 0.481 e. The molecule has 0 heterocycles. The molecule has 0 aliphatic rings. The van der Waals surface area contributed by atoms with Gasteiger partial charge in [0.2, 0.25) is 0 Å². The van der Waals surface area contributed by atoms with Crippen molar-refractivity contribution in [3.63, 3.8) is 0 Å². The summed E-state index contributed by atoms with van der Waals surface area (Å²) >= 11 is 0. The van der Waals surface area contributed by atoms with Crippen LogP contribution >= 0.6 is 0 Å². The van der Waals surface area contributed by atoms with Crippen LogP contribution in [0.4, 0.5) is 0 Å². The van der Waals surface area contributed by atoms with Gasteiger partial charge in [-0.3, -0.25) is 4.79 Å². The van der Waals surface area contributed by atoms with Crippen LogP contribution < -0.4 is 10.1 Å². The summed E-state index contributed by atoms with van der Waals surface area (Å²) in [5, 5.41) is 3.09. The van der Waals surface area contributed by atoms with Gasteiger partial charge >= 0.3 is 0 Å². The van der Waals surface area contributed by atoms with Crippen LogP contribution in [0.15, 0.2) is 42.5 Å². The zero-order chi connectivity index (χ0) is 20.2. The van der Waals surface area contributed by atoms with Crippen molar-refractivity contribution in [3.05, 3.63) is 64.7 Å². The van der Waals surface area contributed by atoms with Gasteiger partial charge in [0.1, 0.15) is 5.75 Å². The first kappa shape index (κ1) is 21.0. The van der Waals surface area contributed by atoms with Crippen molar-refractivity contribution in [1.82, 2.24) is 5.32 Å². The van der Waals surface area contributed by atoms with Crippen molar-refractivity contribution in [2.75, 3.05) is 0 Å². The van der Waals surface area contributed by atoms with E-state index in [2.05, 4.69) is 70.3 Å². The number of hydrogen-bond donors (Lipinski definition) is 1. The van der Waals surface area contributed by atoms with Gasteiger partial charge in [0.15, 0.2) is 6.10 Å². The molecule has 0 aliphatic carbocycles. The molecular weight excluding hydrogens is 334 g/mol. The topological polar surface area (TPSA) is 38.3 Å². The molecule has 0 aliphatic heterocycles. The van der Waals surface area contributed by atoms with Crippen LogP contribution in [-0.4, -0.2) is 12.0 Å². The van der Waals surface area contributed by atoms with Crippen LogP contribution in [-0.2, 0) is 10.2 Å². The second-order valence-corrected chi connectivity index (χ2v) is 8.36. The second-order valence-electron chi connectivity index (χ2n) is 8.36. The van der Waals surface area contributed by atoms with Crippen LogP contribution in [0.25, 0.3) is 0 Å². The molecule has 0 unspecified atom stereocenters. The molecule has 3 heteroatoms. The van der Waals surface area contributed by atoms with Gasteiger partial charge in [-0.15, -0.1) is 0 Å². The molecule has 2 aromatic rings. The predicted octanol–water partition coefficient (Wildman–Crippen LogP) is 5.64. The van der Waals surface area contributed by atoms with Crippen molar-refractivity contribution in [2.45, 2.75) is 72.4 Å². The lowest BCUT2D eigenvalue weighted by atomic mass is 9.87. The quantitative estimate of drug-likeness (QED) is 0.718. The van der Waals surface area contributed by atoms with Crippen molar-refractivity contribution in [2.24, 2.45) is 0 Å². The number of benzene rings is 2. The first-order valence-electron chi connectivity index (χ1n) is 9.76. The lowest BCUT2D eigenvalue weighted by Gasteiger charge is -2.22. The fourth-order valence-electron chi connectivity index (χ4n) is 2.94. The van der Waals surface area contributed by atoms with Gasteiger partial charge in [-0.05, 0) is 67.0 Å². The maximum absolute atomic E-state index is 12.7. The fraction of sp³-hybridized carbons (Fsp3) is 0.458. The predicted molar refractivity (Wildman–Crippen MR) is 112 cm³/mol. The van der Waals surface area contributed by atoms with E-state index in [1.54, 1.807) is 0 Å². The number of nitrogens with one attached hydrogen (secondary N) is 1. The van der Waals surface area contributed by atoms with E-state index in [-0.39, 0.29) is 17.4 Å². The van der Waals surface area contributed by atoms with Gasteiger partial charge in [0.05, 0.1) is 6.04 Å². The summed E-state index contributed by atoms with van der Waals surface area (Å²) in [6.07, 6.45) is 0.117. The highest BCUT2D eigenvalue weighted by atomic mass is 16.5. The van der Waals surface area contributed by atoms with Crippen LogP contribution in [0.3, 0.4) is 0 Å². The van der Waals surface area contributed by atoms with E-state index in [9.17, 15) is 4.79 Å². The first-order valence-corrected chi connectivity index (χ1v) is 9.76. The van der Waals surface area contributed by atoms with E-state index in [4.69, 9.17) is 4.74 Å². The first-order chi connectivity index (χ1) is 12.6. The van der Waals surface area contributed by atoms with Crippen molar-refractivity contribution < 1.29 is 9.53 Å². The maximum atomic E-state index is 12.7. The summed E-state index contributed by atoms with van der Waals surface area (Å²) in [7, 11) is 0. The number of aryl methyl sites for hydroxylation is 2. The van der Waals surface area contributed by atoms with E-state index in [0.29, 0.717) is 6.42 Å². The second kappa shape index (κ2) is 8.60. The Kier molecular flexibility index (Phi) is 6.69. The molecule has 0 saturated heterocycles. The number of hydrogen-bond acceptors (Lipinski definition) is 2. The molecule has 0 saturated carbocycles. The van der Waals surface area contributed by atoms with Crippen LogP contribution in [0.1, 0.15) is 69.3 Å². The molecule has 27 heavy (non-hydrogen) atoms. The Labute approximate surface area is 164 Å². The Morgan fingerprint density at radius 2 is 1.67 bits per heavy atom. The summed E-state index contributed by atoms with van der Waals surface area (Å²) < 4.78 is 5.96. The molecule has 0 fully saturated rings. The van der Waals surface area contributed by atoms with Gasteiger partial charge in [0, 0.05) is 0 Å². The summed E-state index contributed by atoms with van der Waals surface area (Å²) in [5.74, 6) is 0.645. The Morgan fingerprint density at radius 3 is 2.19 bits per heavy atom. The van der Waals surface area contributed by atoms with Crippen LogP contribution in [0, 0.1) is 13.8 Å². The summed E-state index contributed by atoms with van der Waals surface area (Å²) in [6.45, 7) is 14.7. The lowest BCUT2D eigenvalue weighted by molar-refractivity contribution is -0.128. The van der Waals surface area contributed by atoms with Crippen LogP contribution in [0.2, 0.25) is 0 Å². The minimum atomic E-state index is -0.500.